The van der Waals surface area contributed by atoms with Crippen LogP contribution in [-0.2, 0) is 9.47 Å². The van der Waals surface area contributed by atoms with Gasteiger partial charge in [0.05, 0.1) is 29.9 Å². The molecule has 43 heavy (non-hydrogen) atoms. The number of nitrogens with zero attached hydrogens (tertiary/aromatic N) is 6. The second-order valence-corrected chi connectivity index (χ2v) is 12.4. The Bertz CT molecular complexity index is 1680. The Balaban J connectivity index is 1.40. The molecule has 4 aromatic rings. The van der Waals surface area contributed by atoms with Crippen molar-refractivity contribution in [2.24, 2.45) is 0 Å². The van der Waals surface area contributed by atoms with Crippen molar-refractivity contribution < 1.29 is 23.4 Å². The van der Waals surface area contributed by atoms with Crippen molar-refractivity contribution in [3.63, 3.8) is 0 Å². The summed E-state index contributed by atoms with van der Waals surface area (Å²) in [7, 11) is 1.57. The molecule has 0 bridgehead atoms. The van der Waals surface area contributed by atoms with E-state index in [-0.39, 0.29) is 23.9 Å². The fraction of sp³-hybridized carbons (Fsp3) is 0.500. The van der Waals surface area contributed by atoms with Gasteiger partial charge in [-0.1, -0.05) is 6.07 Å². The molecule has 1 unspecified atom stereocenters. The molecule has 10 nitrogen and oxygen atoms in total. The number of amides is 1. The van der Waals surface area contributed by atoms with E-state index in [4.69, 9.17) is 19.2 Å². The van der Waals surface area contributed by atoms with Gasteiger partial charge < -0.3 is 28.6 Å². The molecule has 2 aliphatic heterocycles. The number of anilines is 1. The average Bonchev–Trinajstić information content (AvgIpc) is 3.41. The highest BCUT2D eigenvalue weighted by Gasteiger charge is 2.33. The number of piperazine rings is 1. The smallest absolute Gasteiger partial charge is 0.410 e. The van der Waals surface area contributed by atoms with Crippen LogP contribution < -0.4 is 9.64 Å². The number of hydrogen-bond acceptors (Lipinski definition) is 8. The van der Waals surface area contributed by atoms with Gasteiger partial charge in [-0.3, -0.25) is 0 Å². The first-order valence-corrected chi connectivity index (χ1v) is 14.9. The normalized spacial score (nSPS) is 19.7. The minimum absolute atomic E-state index is 0.0845. The van der Waals surface area contributed by atoms with Crippen LogP contribution in [0.15, 0.2) is 30.9 Å². The number of aryl methyl sites for hydroxylation is 1. The first-order chi connectivity index (χ1) is 20.6. The molecule has 228 valence electrons. The molecular weight excluding hydrogens is 551 g/mol. The lowest BCUT2D eigenvalue weighted by Gasteiger charge is -2.41. The van der Waals surface area contributed by atoms with E-state index in [0.717, 1.165) is 36.9 Å². The van der Waals surface area contributed by atoms with Gasteiger partial charge in [0.1, 0.15) is 35.2 Å². The zero-order valence-corrected chi connectivity index (χ0v) is 25.7. The van der Waals surface area contributed by atoms with Gasteiger partial charge >= 0.3 is 6.09 Å². The van der Waals surface area contributed by atoms with Gasteiger partial charge in [0.2, 0.25) is 0 Å². The number of halogens is 1. The molecule has 2 aromatic carbocycles. The van der Waals surface area contributed by atoms with Crippen molar-refractivity contribution in [1.82, 2.24) is 24.4 Å². The highest BCUT2D eigenvalue weighted by molar-refractivity contribution is 6.02. The number of carbonyl (C=O) groups is 1. The SMILES string of the molecule is COc1cc(-c2c(C)ccc3c2ncn3C2CCCCO2)c(F)c2ncnc(N3CCN(C(=O)OC(C)(C)C)[C@H](C)C3)c12. The van der Waals surface area contributed by atoms with Crippen LogP contribution in [0.3, 0.4) is 0 Å². The molecule has 2 atom stereocenters. The van der Waals surface area contributed by atoms with Crippen molar-refractivity contribution in [1.29, 1.82) is 0 Å². The maximum Gasteiger partial charge on any atom is 0.410 e. The Kier molecular flexibility index (Phi) is 7.62. The van der Waals surface area contributed by atoms with E-state index in [2.05, 4.69) is 14.9 Å². The van der Waals surface area contributed by atoms with E-state index in [1.54, 1.807) is 24.4 Å². The molecule has 0 saturated carbocycles. The summed E-state index contributed by atoms with van der Waals surface area (Å²) in [5.74, 6) is 0.575. The number of rotatable bonds is 4. The first-order valence-electron chi connectivity index (χ1n) is 14.9. The molecule has 4 heterocycles. The molecule has 0 spiro atoms. The Morgan fingerprint density at radius 3 is 2.63 bits per heavy atom. The van der Waals surface area contributed by atoms with Gasteiger partial charge in [0.15, 0.2) is 5.82 Å². The maximum atomic E-state index is 16.6. The van der Waals surface area contributed by atoms with Crippen LogP contribution in [0, 0.1) is 12.7 Å². The summed E-state index contributed by atoms with van der Waals surface area (Å²) in [6.07, 6.45) is 5.81. The summed E-state index contributed by atoms with van der Waals surface area (Å²) < 4.78 is 36.1. The molecule has 11 heteroatoms. The van der Waals surface area contributed by atoms with E-state index in [9.17, 15) is 4.79 Å². The van der Waals surface area contributed by atoms with Crippen LogP contribution in [0.4, 0.5) is 15.0 Å². The minimum Gasteiger partial charge on any atom is -0.496 e. The summed E-state index contributed by atoms with van der Waals surface area (Å²) >= 11 is 0. The summed E-state index contributed by atoms with van der Waals surface area (Å²) in [6.45, 7) is 11.6. The summed E-state index contributed by atoms with van der Waals surface area (Å²) in [5.41, 5.74) is 3.16. The van der Waals surface area contributed by atoms with Crippen molar-refractivity contribution in [2.75, 3.05) is 38.3 Å². The first kappa shape index (κ1) is 29.1. The molecule has 6 rings (SSSR count). The maximum absolute atomic E-state index is 16.6. The zero-order valence-electron chi connectivity index (χ0n) is 25.7. The monoisotopic (exact) mass is 590 g/mol. The van der Waals surface area contributed by atoms with E-state index in [1.807, 2.05) is 51.3 Å². The van der Waals surface area contributed by atoms with Crippen molar-refractivity contribution in [2.45, 2.75) is 71.8 Å². The fourth-order valence-corrected chi connectivity index (χ4v) is 6.20. The standard InChI is InChI=1S/C32H39FN6O4/c1-19-10-11-22-28(36-18-39(22)24-9-7-8-14-42-24)25(19)21-15-23(41-6)26-29(27(21)33)34-17-35-30(26)37-12-13-38(20(2)16-37)31(40)43-32(3,4)5/h10-11,15,17-18,20,24H,7-9,12-14,16H2,1-6H3/t20-,24?/m1/s1. The predicted molar refractivity (Wildman–Crippen MR) is 163 cm³/mol. The van der Waals surface area contributed by atoms with E-state index < -0.39 is 11.4 Å². The van der Waals surface area contributed by atoms with Gasteiger partial charge in [-0.25, -0.2) is 24.1 Å². The zero-order chi connectivity index (χ0) is 30.5. The van der Waals surface area contributed by atoms with Gasteiger partial charge in [-0.15, -0.1) is 0 Å². The largest absolute Gasteiger partial charge is 0.496 e. The van der Waals surface area contributed by atoms with Crippen LogP contribution in [-0.4, -0.2) is 75.5 Å². The lowest BCUT2D eigenvalue weighted by Crippen LogP contribution is -2.55. The Morgan fingerprint density at radius 1 is 1.12 bits per heavy atom. The third-order valence-electron chi connectivity index (χ3n) is 8.26. The lowest BCUT2D eigenvalue weighted by molar-refractivity contribution is -0.0295. The quantitative estimate of drug-likeness (QED) is 0.275. The number of methoxy groups -OCH3 is 1. The number of fused-ring (bicyclic) bond motifs is 2. The van der Waals surface area contributed by atoms with E-state index in [0.29, 0.717) is 53.2 Å². The number of benzene rings is 2. The average molecular weight is 591 g/mol. The summed E-state index contributed by atoms with van der Waals surface area (Å²) in [5, 5.41) is 0.495. The number of hydrogen-bond donors (Lipinski definition) is 0. The van der Waals surface area contributed by atoms with Gasteiger partial charge in [-0.2, -0.15) is 0 Å². The van der Waals surface area contributed by atoms with Gasteiger partial charge in [-0.05, 0) is 71.6 Å². The van der Waals surface area contributed by atoms with Gasteiger partial charge in [0.25, 0.3) is 0 Å². The molecule has 2 aromatic heterocycles. The van der Waals surface area contributed by atoms with Crippen molar-refractivity contribution in [3.05, 3.63) is 42.2 Å². The number of carbonyl (C=O) groups excluding carboxylic acids is 1. The van der Waals surface area contributed by atoms with E-state index in [1.165, 1.54) is 6.33 Å². The molecule has 2 fully saturated rings. The lowest BCUT2D eigenvalue weighted by atomic mass is 9.96. The van der Waals surface area contributed by atoms with Crippen LogP contribution in [0.5, 0.6) is 5.75 Å². The summed E-state index contributed by atoms with van der Waals surface area (Å²) in [6, 6.07) is 5.59. The van der Waals surface area contributed by atoms with Crippen LogP contribution >= 0.6 is 0 Å². The molecule has 0 aliphatic carbocycles. The molecular formula is C32H39FN6O4. The van der Waals surface area contributed by atoms with Crippen LogP contribution in [0.25, 0.3) is 33.1 Å². The highest BCUT2D eigenvalue weighted by atomic mass is 19.1. The second-order valence-electron chi connectivity index (χ2n) is 12.4. The van der Waals surface area contributed by atoms with Crippen LogP contribution in [0.2, 0.25) is 0 Å². The highest BCUT2D eigenvalue weighted by Crippen LogP contribution is 2.42. The fourth-order valence-electron chi connectivity index (χ4n) is 6.20. The van der Waals surface area contributed by atoms with Gasteiger partial charge in [0, 0.05) is 43.4 Å². The van der Waals surface area contributed by atoms with Crippen molar-refractivity contribution in [3.8, 4) is 16.9 Å². The molecule has 0 N–H and O–H groups in total. The number of ether oxygens (including phenoxy) is 3. The molecule has 1 amide bonds. The van der Waals surface area contributed by atoms with Crippen molar-refractivity contribution >= 4 is 33.8 Å². The van der Waals surface area contributed by atoms with Crippen LogP contribution in [0.1, 0.15) is 58.7 Å². The third-order valence-corrected chi connectivity index (χ3v) is 8.26. The third kappa shape index (κ3) is 5.35. The Morgan fingerprint density at radius 2 is 1.93 bits per heavy atom. The topological polar surface area (TPSA) is 94.8 Å². The predicted octanol–water partition coefficient (Wildman–Crippen LogP) is 6.25. The van der Waals surface area contributed by atoms with E-state index >= 15 is 4.39 Å². The number of aromatic nitrogens is 4. The molecule has 2 saturated heterocycles. The molecule has 2 aliphatic rings. The second kappa shape index (κ2) is 11.3. The molecule has 0 radical (unpaired) electrons. The minimum atomic E-state index is -0.579. The number of imidazole rings is 1. The summed E-state index contributed by atoms with van der Waals surface area (Å²) in [4.78, 5) is 30.3. The Labute approximate surface area is 250 Å². The Hall–Kier alpha value is -3.99.